The highest BCUT2D eigenvalue weighted by Crippen LogP contribution is 2.13. The number of carbonyl (C=O) groups is 1. The largest absolute Gasteiger partial charge is 0.494 e. The maximum atomic E-state index is 11.9. The third-order valence-electron chi connectivity index (χ3n) is 2.39. The third kappa shape index (κ3) is 3.11. The standard InChI is InChI=1S/C13H13ClN2O2/c1-2-18-12-5-3-10(4-6-12)13(17)9-16-8-11(14)7-15-16/h3-8H,2,9H2,1H3. The van der Waals surface area contributed by atoms with Gasteiger partial charge in [-0.25, -0.2) is 0 Å². The first-order chi connectivity index (χ1) is 8.69. The molecule has 0 aliphatic heterocycles. The summed E-state index contributed by atoms with van der Waals surface area (Å²) in [6.07, 6.45) is 3.13. The number of hydrogen-bond acceptors (Lipinski definition) is 3. The summed E-state index contributed by atoms with van der Waals surface area (Å²) in [5, 5.41) is 4.49. The summed E-state index contributed by atoms with van der Waals surface area (Å²) in [5.74, 6) is 0.744. The number of rotatable bonds is 5. The lowest BCUT2D eigenvalue weighted by molar-refractivity contribution is 0.0967. The molecular weight excluding hydrogens is 252 g/mol. The van der Waals surface area contributed by atoms with Crippen LogP contribution < -0.4 is 4.74 Å². The predicted molar refractivity (Wildman–Crippen MR) is 69.2 cm³/mol. The van der Waals surface area contributed by atoms with E-state index in [2.05, 4.69) is 5.10 Å². The van der Waals surface area contributed by atoms with Gasteiger partial charge >= 0.3 is 0 Å². The minimum absolute atomic E-state index is 0.0159. The van der Waals surface area contributed by atoms with Crippen LogP contribution in [0.1, 0.15) is 17.3 Å². The number of Topliss-reactive ketones (excluding diaryl/α,β-unsaturated/α-hetero) is 1. The number of aromatic nitrogens is 2. The van der Waals surface area contributed by atoms with E-state index >= 15 is 0 Å². The Labute approximate surface area is 110 Å². The van der Waals surface area contributed by atoms with Crippen LogP contribution in [0.5, 0.6) is 5.75 Å². The van der Waals surface area contributed by atoms with E-state index in [1.54, 1.807) is 30.5 Å². The maximum absolute atomic E-state index is 11.9. The molecule has 0 amide bonds. The number of halogens is 1. The molecule has 2 rings (SSSR count). The molecule has 1 aromatic heterocycles. The summed E-state index contributed by atoms with van der Waals surface area (Å²) < 4.78 is 6.83. The SMILES string of the molecule is CCOc1ccc(C(=O)Cn2cc(Cl)cn2)cc1. The van der Waals surface area contributed by atoms with Crippen LogP contribution in [0, 0.1) is 0 Å². The molecule has 0 fully saturated rings. The van der Waals surface area contributed by atoms with E-state index in [1.807, 2.05) is 6.92 Å². The first-order valence-corrected chi connectivity index (χ1v) is 6.01. The minimum Gasteiger partial charge on any atom is -0.494 e. The average molecular weight is 265 g/mol. The molecule has 94 valence electrons. The zero-order valence-electron chi connectivity index (χ0n) is 9.97. The Morgan fingerprint density at radius 2 is 2.11 bits per heavy atom. The topological polar surface area (TPSA) is 44.1 Å². The van der Waals surface area contributed by atoms with Crippen molar-refractivity contribution in [1.29, 1.82) is 0 Å². The van der Waals surface area contributed by atoms with Crippen LogP contribution >= 0.6 is 11.6 Å². The van der Waals surface area contributed by atoms with Crippen molar-refractivity contribution in [2.75, 3.05) is 6.61 Å². The molecule has 5 heteroatoms. The molecule has 2 aromatic rings. The summed E-state index contributed by atoms with van der Waals surface area (Å²) >= 11 is 5.73. The lowest BCUT2D eigenvalue weighted by atomic mass is 10.1. The van der Waals surface area contributed by atoms with Gasteiger partial charge in [0.1, 0.15) is 12.3 Å². The van der Waals surface area contributed by atoms with Gasteiger partial charge in [-0.15, -0.1) is 0 Å². The van der Waals surface area contributed by atoms with Gasteiger partial charge in [-0.2, -0.15) is 5.10 Å². The summed E-state index contributed by atoms with van der Waals surface area (Å²) in [6.45, 7) is 2.71. The van der Waals surface area contributed by atoms with Crippen molar-refractivity contribution >= 4 is 17.4 Å². The number of carbonyl (C=O) groups excluding carboxylic acids is 1. The molecule has 0 unspecified atom stereocenters. The Kier molecular flexibility index (Phi) is 3.99. The van der Waals surface area contributed by atoms with Gasteiger partial charge in [0.15, 0.2) is 5.78 Å². The van der Waals surface area contributed by atoms with Gasteiger partial charge < -0.3 is 4.74 Å². The van der Waals surface area contributed by atoms with E-state index in [0.717, 1.165) is 5.75 Å². The summed E-state index contributed by atoms with van der Waals surface area (Å²) in [5.41, 5.74) is 0.630. The molecule has 18 heavy (non-hydrogen) atoms. The van der Waals surface area contributed by atoms with Crippen LogP contribution in [-0.4, -0.2) is 22.2 Å². The number of ether oxygens (including phenoxy) is 1. The maximum Gasteiger partial charge on any atom is 0.184 e. The van der Waals surface area contributed by atoms with Crippen molar-refractivity contribution in [3.8, 4) is 5.75 Å². The smallest absolute Gasteiger partial charge is 0.184 e. The lowest BCUT2D eigenvalue weighted by Crippen LogP contribution is -2.10. The Morgan fingerprint density at radius 3 is 2.67 bits per heavy atom. The molecule has 0 saturated carbocycles. The van der Waals surface area contributed by atoms with Crippen LogP contribution in [0.4, 0.5) is 0 Å². The van der Waals surface area contributed by atoms with E-state index in [1.165, 1.54) is 10.9 Å². The van der Waals surface area contributed by atoms with Crippen LogP contribution in [0.3, 0.4) is 0 Å². The third-order valence-corrected chi connectivity index (χ3v) is 2.59. The van der Waals surface area contributed by atoms with Crippen molar-refractivity contribution in [1.82, 2.24) is 9.78 Å². The van der Waals surface area contributed by atoms with Crippen molar-refractivity contribution < 1.29 is 9.53 Å². The predicted octanol–water partition coefficient (Wildman–Crippen LogP) is 2.82. The number of nitrogens with zero attached hydrogens (tertiary/aromatic N) is 2. The van der Waals surface area contributed by atoms with E-state index in [4.69, 9.17) is 16.3 Å². The van der Waals surface area contributed by atoms with Gasteiger partial charge in [0.25, 0.3) is 0 Å². The molecule has 0 radical (unpaired) electrons. The van der Waals surface area contributed by atoms with E-state index in [9.17, 15) is 4.79 Å². The number of hydrogen-bond donors (Lipinski definition) is 0. The highest BCUT2D eigenvalue weighted by molar-refractivity contribution is 6.30. The molecule has 1 aromatic carbocycles. The Bertz CT molecular complexity index is 534. The lowest BCUT2D eigenvalue weighted by Gasteiger charge is -2.04. The van der Waals surface area contributed by atoms with Gasteiger partial charge in [-0.1, -0.05) is 11.6 Å². The first kappa shape index (κ1) is 12.6. The number of benzene rings is 1. The van der Waals surface area contributed by atoms with E-state index in [0.29, 0.717) is 17.2 Å². The molecular formula is C13H13ClN2O2. The van der Waals surface area contributed by atoms with Crippen molar-refractivity contribution in [3.05, 3.63) is 47.2 Å². The first-order valence-electron chi connectivity index (χ1n) is 5.63. The molecule has 0 saturated heterocycles. The van der Waals surface area contributed by atoms with Gasteiger partial charge in [0.2, 0.25) is 0 Å². The summed E-state index contributed by atoms with van der Waals surface area (Å²) in [4.78, 5) is 11.9. The molecule has 0 N–H and O–H groups in total. The van der Waals surface area contributed by atoms with Crippen molar-refractivity contribution in [2.45, 2.75) is 13.5 Å². The molecule has 0 spiro atoms. The number of ketones is 1. The Morgan fingerprint density at radius 1 is 1.39 bits per heavy atom. The van der Waals surface area contributed by atoms with Gasteiger partial charge in [0, 0.05) is 11.8 Å². The summed E-state index contributed by atoms with van der Waals surface area (Å²) in [7, 11) is 0. The fourth-order valence-corrected chi connectivity index (χ4v) is 1.72. The second-order valence-corrected chi connectivity index (χ2v) is 4.17. The average Bonchev–Trinajstić information content (AvgIpc) is 2.76. The monoisotopic (exact) mass is 264 g/mol. The van der Waals surface area contributed by atoms with Crippen LogP contribution in [0.15, 0.2) is 36.7 Å². The van der Waals surface area contributed by atoms with E-state index in [-0.39, 0.29) is 12.3 Å². The molecule has 0 aliphatic carbocycles. The van der Waals surface area contributed by atoms with Crippen LogP contribution in [-0.2, 0) is 6.54 Å². The van der Waals surface area contributed by atoms with Gasteiger partial charge in [0.05, 0.1) is 17.8 Å². The second-order valence-electron chi connectivity index (χ2n) is 3.74. The molecule has 4 nitrogen and oxygen atoms in total. The highest BCUT2D eigenvalue weighted by atomic mass is 35.5. The fourth-order valence-electron chi connectivity index (χ4n) is 1.57. The fraction of sp³-hybridized carbons (Fsp3) is 0.231. The Balaban J connectivity index is 2.04. The molecule has 0 bridgehead atoms. The van der Waals surface area contributed by atoms with Gasteiger partial charge in [-0.3, -0.25) is 9.48 Å². The van der Waals surface area contributed by atoms with Crippen LogP contribution in [0.25, 0.3) is 0 Å². The highest BCUT2D eigenvalue weighted by Gasteiger charge is 2.07. The van der Waals surface area contributed by atoms with Crippen molar-refractivity contribution in [2.24, 2.45) is 0 Å². The van der Waals surface area contributed by atoms with Crippen LogP contribution in [0.2, 0.25) is 5.02 Å². The second kappa shape index (κ2) is 5.69. The van der Waals surface area contributed by atoms with E-state index < -0.39 is 0 Å². The summed E-state index contributed by atoms with van der Waals surface area (Å²) in [6, 6.07) is 7.07. The minimum atomic E-state index is -0.0159. The van der Waals surface area contributed by atoms with Crippen molar-refractivity contribution in [3.63, 3.8) is 0 Å². The zero-order chi connectivity index (χ0) is 13.0. The quantitative estimate of drug-likeness (QED) is 0.780. The Hall–Kier alpha value is -1.81. The molecule has 0 atom stereocenters. The van der Waals surface area contributed by atoms with Gasteiger partial charge in [-0.05, 0) is 31.2 Å². The zero-order valence-corrected chi connectivity index (χ0v) is 10.7. The molecule has 1 heterocycles. The normalized spacial score (nSPS) is 10.3. The molecule has 0 aliphatic rings.